The molecule has 0 atom stereocenters. The lowest BCUT2D eigenvalue weighted by atomic mass is 10.4. The molecule has 0 unspecified atom stereocenters. The van der Waals surface area contributed by atoms with Gasteiger partial charge >= 0.3 is 0 Å². The fraction of sp³-hybridized carbons (Fsp3) is 0. The van der Waals surface area contributed by atoms with Crippen molar-refractivity contribution in [3.63, 3.8) is 0 Å². The van der Waals surface area contributed by atoms with E-state index in [0.29, 0.717) is 0 Å². The zero-order valence-corrected chi connectivity index (χ0v) is 10.3. The van der Waals surface area contributed by atoms with Crippen LogP contribution in [0.1, 0.15) is 0 Å². The van der Waals surface area contributed by atoms with Gasteiger partial charge in [0.25, 0.3) is 23.6 Å². The molecule has 0 aliphatic carbocycles. The minimum absolute atomic E-state index is 0.309. The highest BCUT2D eigenvalue weighted by Gasteiger charge is 2.29. The maximum atomic E-state index is 11.0. The Hall–Kier alpha value is -3.43. The van der Waals surface area contributed by atoms with Gasteiger partial charge in [0.2, 0.25) is 0 Å². The van der Waals surface area contributed by atoms with E-state index in [9.17, 15) is 19.2 Å². The summed E-state index contributed by atoms with van der Waals surface area (Å²) in [4.78, 5) is 43.4. The molecule has 2 aliphatic rings. The van der Waals surface area contributed by atoms with Gasteiger partial charge in [-0.3, -0.25) is 29.8 Å². The van der Waals surface area contributed by atoms with Crippen LogP contribution in [0.2, 0.25) is 0 Å². The van der Waals surface area contributed by atoms with Gasteiger partial charge in [-0.15, -0.1) is 10.2 Å². The summed E-state index contributed by atoms with van der Waals surface area (Å²) in [7, 11) is 0. The number of imide groups is 2. The van der Waals surface area contributed by atoms with Crippen LogP contribution >= 0.6 is 0 Å². The Bertz CT molecular complexity index is 598. The number of ether oxygens (including phenoxy) is 1. The largest absolute Gasteiger partial charge is 0.445 e. The second-order valence-corrected chi connectivity index (χ2v) is 3.57. The third kappa shape index (κ3) is 3.76. The molecule has 1 aromatic rings. The molecule has 0 spiro atoms. The highest BCUT2D eigenvalue weighted by molar-refractivity contribution is 6.17. The second-order valence-electron chi connectivity index (χ2n) is 3.57. The van der Waals surface area contributed by atoms with Crippen molar-refractivity contribution in [2.24, 2.45) is 0 Å². The third-order valence-electron chi connectivity index (χ3n) is 2.07. The van der Waals surface area contributed by atoms with Crippen molar-refractivity contribution >= 4 is 23.6 Å². The minimum Gasteiger partial charge on any atom is -0.445 e. The molecule has 10 heteroatoms. The minimum atomic E-state index is -0.743. The van der Waals surface area contributed by atoms with Crippen LogP contribution in [-0.2, 0) is 23.9 Å². The summed E-state index contributed by atoms with van der Waals surface area (Å²) in [6, 6.07) is 1.72. The van der Waals surface area contributed by atoms with Crippen molar-refractivity contribution in [2.45, 2.75) is 0 Å². The average molecular weight is 289 g/mol. The first kappa shape index (κ1) is 14.0. The first-order chi connectivity index (χ1) is 10.1. The molecule has 10 nitrogen and oxygen atoms in total. The van der Waals surface area contributed by atoms with Crippen LogP contribution < -0.4 is 10.6 Å². The van der Waals surface area contributed by atoms with Crippen LogP contribution in [0.4, 0.5) is 0 Å². The number of carbonyl (C=O) groups excluding carboxylic acids is 4. The normalized spacial score (nSPS) is 16.4. The van der Waals surface area contributed by atoms with E-state index >= 15 is 0 Å². The number of nitrogens with zero attached hydrogens (tertiary/aromatic N) is 3. The third-order valence-corrected chi connectivity index (χ3v) is 2.07. The molecule has 106 valence electrons. The highest BCUT2D eigenvalue weighted by Crippen LogP contribution is 2.13. The lowest BCUT2D eigenvalue weighted by Gasteiger charge is -2.01. The molecule has 3 heterocycles. The topological polar surface area (TPSA) is 140 Å². The Kier molecular flexibility index (Phi) is 4.09. The fourth-order valence-electron chi connectivity index (χ4n) is 1.26. The molecule has 2 N–H and O–H groups in total. The van der Waals surface area contributed by atoms with E-state index in [1.165, 1.54) is 0 Å². The molecule has 21 heavy (non-hydrogen) atoms. The molecule has 0 saturated carbocycles. The summed E-state index contributed by atoms with van der Waals surface area (Å²) in [6.07, 6.45) is 4.96. The molecular weight excluding hydrogens is 282 g/mol. The van der Waals surface area contributed by atoms with Crippen molar-refractivity contribution in [2.75, 3.05) is 0 Å². The fourth-order valence-corrected chi connectivity index (χ4v) is 1.26. The maximum absolute atomic E-state index is 11.0. The smallest absolute Gasteiger partial charge is 0.294 e. The molecule has 0 fully saturated rings. The van der Waals surface area contributed by atoms with Crippen LogP contribution in [0.5, 0.6) is 0 Å². The molecule has 3 rings (SSSR count). The van der Waals surface area contributed by atoms with Crippen LogP contribution in [-0.4, -0.2) is 39.0 Å². The van der Waals surface area contributed by atoms with Gasteiger partial charge in [-0.2, -0.15) is 0 Å². The van der Waals surface area contributed by atoms with Gasteiger partial charge in [0.05, 0.1) is 24.5 Å². The quantitative estimate of drug-likeness (QED) is 0.593. The Morgan fingerprint density at radius 2 is 1.29 bits per heavy atom. The summed E-state index contributed by atoms with van der Waals surface area (Å²) in [5.41, 5.74) is 0. The standard InChI is InChI=1S/C8H4N2O5.C3H3N3/c11-5-1-3(7(13)9-5)15-4-2-6(12)10-8(4)14;1-2-4-6-5-3-1/h1-2H,(H,9,11,13)(H,10,12,14);1-3H. The molecule has 2 aliphatic heterocycles. The molecule has 0 aromatic carbocycles. The lowest BCUT2D eigenvalue weighted by molar-refractivity contribution is -0.125. The monoisotopic (exact) mass is 289 g/mol. The van der Waals surface area contributed by atoms with Crippen LogP contribution in [0, 0.1) is 0 Å². The van der Waals surface area contributed by atoms with Crippen molar-refractivity contribution in [1.29, 1.82) is 0 Å². The van der Waals surface area contributed by atoms with Crippen LogP contribution in [0.3, 0.4) is 0 Å². The van der Waals surface area contributed by atoms with Gasteiger partial charge in [-0.1, -0.05) is 0 Å². The molecule has 0 radical (unpaired) electrons. The molecule has 1 aromatic heterocycles. The molecular formula is C11H7N5O5. The van der Waals surface area contributed by atoms with E-state index in [-0.39, 0.29) is 11.5 Å². The number of hydrogen-bond acceptors (Lipinski definition) is 8. The van der Waals surface area contributed by atoms with Gasteiger partial charge in [0.1, 0.15) is 0 Å². The Balaban J connectivity index is 0.000000225. The number of amides is 4. The van der Waals surface area contributed by atoms with Crippen molar-refractivity contribution < 1.29 is 23.9 Å². The van der Waals surface area contributed by atoms with Gasteiger partial charge < -0.3 is 4.74 Å². The zero-order valence-electron chi connectivity index (χ0n) is 10.3. The number of rotatable bonds is 2. The first-order valence-electron chi connectivity index (χ1n) is 5.46. The summed E-state index contributed by atoms with van der Waals surface area (Å²) < 4.78 is 4.79. The maximum Gasteiger partial charge on any atom is 0.294 e. The van der Waals surface area contributed by atoms with E-state index in [0.717, 1.165) is 12.2 Å². The van der Waals surface area contributed by atoms with E-state index < -0.39 is 23.6 Å². The number of aromatic nitrogens is 3. The van der Waals surface area contributed by atoms with Crippen LogP contribution in [0.15, 0.2) is 42.1 Å². The number of carbonyl (C=O) groups is 4. The summed E-state index contributed by atoms with van der Waals surface area (Å²) in [6.45, 7) is 0. The lowest BCUT2D eigenvalue weighted by Crippen LogP contribution is -2.25. The molecule has 0 bridgehead atoms. The van der Waals surface area contributed by atoms with Gasteiger partial charge in [-0.05, 0) is 11.3 Å². The summed E-state index contributed by atoms with van der Waals surface area (Å²) >= 11 is 0. The average Bonchev–Trinajstić information content (AvgIpc) is 2.95. The predicted octanol–water partition coefficient (Wildman–Crippen LogP) is -2.04. The summed E-state index contributed by atoms with van der Waals surface area (Å²) in [5, 5.41) is 14.0. The number of nitrogens with one attached hydrogen (secondary N) is 2. The van der Waals surface area contributed by atoms with Crippen molar-refractivity contribution in [1.82, 2.24) is 26.0 Å². The van der Waals surface area contributed by atoms with Gasteiger partial charge in [0, 0.05) is 0 Å². The molecule has 4 amide bonds. The predicted molar refractivity (Wildman–Crippen MR) is 63.4 cm³/mol. The first-order valence-corrected chi connectivity index (χ1v) is 5.46. The van der Waals surface area contributed by atoms with E-state index in [1.54, 1.807) is 18.5 Å². The summed E-state index contributed by atoms with van der Waals surface area (Å²) in [5.74, 6) is -3.35. The second kappa shape index (κ2) is 6.14. The van der Waals surface area contributed by atoms with E-state index in [4.69, 9.17) is 4.74 Å². The van der Waals surface area contributed by atoms with Crippen molar-refractivity contribution in [3.05, 3.63) is 42.1 Å². The number of hydrogen-bond donors (Lipinski definition) is 2. The SMILES string of the molecule is O=C1C=C(OC2=CC(=O)NC2=O)C(=O)N1.c1cnnnc1. The van der Waals surface area contributed by atoms with E-state index in [1.807, 2.05) is 10.6 Å². The molecule has 0 saturated heterocycles. The van der Waals surface area contributed by atoms with Gasteiger partial charge in [-0.25, -0.2) is 0 Å². The van der Waals surface area contributed by atoms with Crippen LogP contribution in [0.25, 0.3) is 0 Å². The van der Waals surface area contributed by atoms with Crippen molar-refractivity contribution in [3.8, 4) is 0 Å². The Labute approximate surface area is 116 Å². The highest BCUT2D eigenvalue weighted by atomic mass is 16.5. The van der Waals surface area contributed by atoms with Gasteiger partial charge in [0.15, 0.2) is 11.5 Å². The Morgan fingerprint density at radius 3 is 1.52 bits per heavy atom. The Morgan fingerprint density at radius 1 is 0.810 bits per heavy atom. The van der Waals surface area contributed by atoms with E-state index in [2.05, 4.69) is 15.4 Å². The zero-order chi connectivity index (χ0) is 15.2.